The molecule has 0 unspecified atom stereocenters. The first kappa shape index (κ1) is 23.6. The Morgan fingerprint density at radius 3 is 2.50 bits per heavy atom. The predicted octanol–water partition coefficient (Wildman–Crippen LogP) is 5.55. The molecule has 4 rings (SSSR count). The van der Waals surface area contributed by atoms with Crippen LogP contribution in [0.4, 0.5) is 5.82 Å². The molecule has 1 amide bonds. The van der Waals surface area contributed by atoms with Crippen molar-refractivity contribution in [3.63, 3.8) is 0 Å². The average Bonchev–Trinajstić information content (AvgIpc) is 3.20. The Kier molecular flexibility index (Phi) is 7.72. The molecule has 0 aliphatic carbocycles. The number of anilines is 1. The average molecular weight is 471 g/mol. The van der Waals surface area contributed by atoms with Gasteiger partial charge >= 0.3 is 0 Å². The number of halogens is 2. The molecule has 2 heterocycles. The van der Waals surface area contributed by atoms with Gasteiger partial charge in [0.25, 0.3) is 5.91 Å². The lowest BCUT2D eigenvalue weighted by Crippen LogP contribution is -2.23. The van der Waals surface area contributed by atoms with Gasteiger partial charge in [0.1, 0.15) is 24.0 Å². The SMILES string of the molecule is C.CN1CCN=C1c1ccc(COc2ccc(Cl)cc2C(=O)Nc2ccc(Cl)cn2)cc1. The number of pyridine rings is 1. The zero-order chi connectivity index (χ0) is 21.8. The van der Waals surface area contributed by atoms with Crippen LogP contribution in [0.3, 0.4) is 0 Å². The van der Waals surface area contributed by atoms with Crippen LogP contribution in [-0.4, -0.2) is 41.8 Å². The van der Waals surface area contributed by atoms with Gasteiger partial charge in [0.15, 0.2) is 0 Å². The summed E-state index contributed by atoms with van der Waals surface area (Å²) in [6, 6.07) is 16.3. The van der Waals surface area contributed by atoms with Crippen molar-refractivity contribution in [2.24, 2.45) is 4.99 Å². The third kappa shape index (κ3) is 5.58. The van der Waals surface area contributed by atoms with Crippen molar-refractivity contribution in [1.29, 1.82) is 0 Å². The van der Waals surface area contributed by atoms with E-state index in [2.05, 4.69) is 20.2 Å². The number of likely N-dealkylation sites (N-methyl/N-ethyl adjacent to an activating group) is 1. The van der Waals surface area contributed by atoms with E-state index in [0.717, 1.165) is 30.1 Å². The van der Waals surface area contributed by atoms with E-state index >= 15 is 0 Å². The predicted molar refractivity (Wildman–Crippen MR) is 130 cm³/mol. The minimum Gasteiger partial charge on any atom is -0.488 e. The number of carbonyl (C=O) groups excluding carboxylic acids is 1. The van der Waals surface area contributed by atoms with Crippen LogP contribution in [0.1, 0.15) is 28.9 Å². The fraction of sp³-hybridized carbons (Fsp3) is 0.208. The van der Waals surface area contributed by atoms with Crippen molar-refractivity contribution in [2.45, 2.75) is 14.0 Å². The summed E-state index contributed by atoms with van der Waals surface area (Å²) < 4.78 is 5.94. The summed E-state index contributed by atoms with van der Waals surface area (Å²) in [6.45, 7) is 2.07. The van der Waals surface area contributed by atoms with E-state index in [4.69, 9.17) is 27.9 Å². The van der Waals surface area contributed by atoms with Crippen molar-refractivity contribution in [2.75, 3.05) is 25.5 Å². The Morgan fingerprint density at radius 2 is 1.84 bits per heavy atom. The topological polar surface area (TPSA) is 66.8 Å². The number of hydrogen-bond donors (Lipinski definition) is 1. The number of aromatic nitrogens is 1. The summed E-state index contributed by atoms with van der Waals surface area (Å²) >= 11 is 12.0. The highest BCUT2D eigenvalue weighted by molar-refractivity contribution is 6.31. The first-order valence-corrected chi connectivity index (χ1v) is 10.5. The smallest absolute Gasteiger partial charge is 0.260 e. The van der Waals surface area contributed by atoms with E-state index in [1.165, 1.54) is 6.20 Å². The molecule has 3 aromatic rings. The quantitative estimate of drug-likeness (QED) is 0.512. The standard InChI is InChI=1S/C23H20Cl2N4O2.CH4/c1-29-11-10-26-22(29)16-4-2-15(3-5-16)14-31-20-8-6-17(24)12-19(20)23(30)28-21-9-7-18(25)13-27-21;/h2-9,12-13H,10-11,14H2,1H3,(H,27,28,30);1H4. The van der Waals surface area contributed by atoms with Gasteiger partial charge in [-0.2, -0.15) is 0 Å². The van der Waals surface area contributed by atoms with Crippen LogP contribution in [0, 0.1) is 0 Å². The molecule has 32 heavy (non-hydrogen) atoms. The Labute approximate surface area is 197 Å². The maximum Gasteiger partial charge on any atom is 0.260 e. The van der Waals surface area contributed by atoms with E-state index in [1.807, 2.05) is 31.3 Å². The van der Waals surface area contributed by atoms with Crippen LogP contribution >= 0.6 is 23.2 Å². The number of aliphatic imine (C=N–C) groups is 1. The Morgan fingerprint density at radius 1 is 1.09 bits per heavy atom. The lowest BCUT2D eigenvalue weighted by Gasteiger charge is -2.15. The third-order valence-electron chi connectivity index (χ3n) is 4.82. The molecule has 1 aliphatic heterocycles. The van der Waals surface area contributed by atoms with Crippen molar-refractivity contribution >= 4 is 40.8 Å². The van der Waals surface area contributed by atoms with Gasteiger partial charge in [0.2, 0.25) is 0 Å². The van der Waals surface area contributed by atoms with Gasteiger partial charge in [-0.05, 0) is 35.9 Å². The van der Waals surface area contributed by atoms with Gasteiger partial charge in [-0.3, -0.25) is 9.79 Å². The first-order valence-electron chi connectivity index (χ1n) is 9.70. The van der Waals surface area contributed by atoms with Crippen molar-refractivity contribution in [3.8, 4) is 5.75 Å². The molecule has 0 bridgehead atoms. The van der Waals surface area contributed by atoms with Gasteiger partial charge in [-0.15, -0.1) is 0 Å². The second-order valence-electron chi connectivity index (χ2n) is 7.07. The van der Waals surface area contributed by atoms with Crippen molar-refractivity contribution in [1.82, 2.24) is 9.88 Å². The number of amides is 1. The molecule has 1 aliphatic rings. The minimum absolute atomic E-state index is 0. The summed E-state index contributed by atoms with van der Waals surface area (Å²) in [5, 5.41) is 3.65. The summed E-state index contributed by atoms with van der Waals surface area (Å²) in [5.41, 5.74) is 2.37. The maximum atomic E-state index is 12.8. The molecule has 0 spiro atoms. The first-order chi connectivity index (χ1) is 15.0. The second-order valence-corrected chi connectivity index (χ2v) is 7.94. The van der Waals surface area contributed by atoms with Gasteiger partial charge in [0.05, 0.1) is 17.1 Å². The summed E-state index contributed by atoms with van der Waals surface area (Å²) in [6.07, 6.45) is 1.46. The van der Waals surface area contributed by atoms with E-state index in [9.17, 15) is 4.79 Å². The number of ether oxygens (including phenoxy) is 1. The molecule has 0 saturated carbocycles. The zero-order valence-corrected chi connectivity index (χ0v) is 18.3. The van der Waals surface area contributed by atoms with Crippen LogP contribution in [0.15, 0.2) is 65.8 Å². The Bertz CT molecular complexity index is 1120. The van der Waals surface area contributed by atoms with Gasteiger partial charge < -0.3 is 15.0 Å². The molecule has 166 valence electrons. The number of benzene rings is 2. The Balaban J connectivity index is 0.00000289. The zero-order valence-electron chi connectivity index (χ0n) is 16.8. The summed E-state index contributed by atoms with van der Waals surface area (Å²) in [5.74, 6) is 1.44. The van der Waals surface area contributed by atoms with Crippen molar-refractivity contribution in [3.05, 3.63) is 87.5 Å². The highest BCUT2D eigenvalue weighted by Crippen LogP contribution is 2.25. The number of amidine groups is 1. The van der Waals surface area contributed by atoms with Crippen LogP contribution in [0.25, 0.3) is 0 Å². The monoisotopic (exact) mass is 470 g/mol. The van der Waals surface area contributed by atoms with Crippen LogP contribution in [0.2, 0.25) is 10.0 Å². The minimum atomic E-state index is -0.370. The molecule has 6 nitrogen and oxygen atoms in total. The van der Waals surface area contributed by atoms with Crippen LogP contribution in [0.5, 0.6) is 5.75 Å². The number of rotatable bonds is 6. The molecule has 0 saturated heterocycles. The van der Waals surface area contributed by atoms with Crippen LogP contribution in [-0.2, 0) is 6.61 Å². The normalized spacial score (nSPS) is 12.7. The molecule has 0 atom stereocenters. The lowest BCUT2D eigenvalue weighted by atomic mass is 10.1. The van der Waals surface area contributed by atoms with E-state index < -0.39 is 0 Å². The highest BCUT2D eigenvalue weighted by Gasteiger charge is 2.16. The number of nitrogens with one attached hydrogen (secondary N) is 1. The van der Waals surface area contributed by atoms with E-state index in [0.29, 0.717) is 33.8 Å². The van der Waals surface area contributed by atoms with Crippen molar-refractivity contribution < 1.29 is 9.53 Å². The summed E-state index contributed by atoms with van der Waals surface area (Å²) in [4.78, 5) is 23.5. The van der Waals surface area contributed by atoms with Gasteiger partial charge in [-0.1, -0.05) is 54.9 Å². The van der Waals surface area contributed by atoms with Gasteiger partial charge in [-0.25, -0.2) is 4.98 Å². The molecular weight excluding hydrogens is 447 g/mol. The fourth-order valence-corrected chi connectivity index (χ4v) is 3.48. The Hall–Kier alpha value is -3.09. The molecule has 1 aromatic heterocycles. The molecule has 1 N–H and O–H groups in total. The molecule has 0 fully saturated rings. The third-order valence-corrected chi connectivity index (χ3v) is 5.28. The largest absolute Gasteiger partial charge is 0.488 e. The summed E-state index contributed by atoms with van der Waals surface area (Å²) in [7, 11) is 2.04. The van der Waals surface area contributed by atoms with E-state index in [1.54, 1.807) is 30.3 Å². The number of carbonyl (C=O) groups is 1. The van der Waals surface area contributed by atoms with E-state index in [-0.39, 0.29) is 13.3 Å². The van der Waals surface area contributed by atoms with Crippen LogP contribution < -0.4 is 10.1 Å². The molecule has 2 aromatic carbocycles. The number of hydrogen-bond acceptors (Lipinski definition) is 5. The maximum absolute atomic E-state index is 12.8. The fourth-order valence-electron chi connectivity index (χ4n) is 3.19. The number of nitrogens with zero attached hydrogens (tertiary/aromatic N) is 3. The second kappa shape index (κ2) is 10.5. The van der Waals surface area contributed by atoms with Gasteiger partial charge in [0, 0.05) is 30.4 Å². The lowest BCUT2D eigenvalue weighted by molar-refractivity contribution is 0.102. The highest BCUT2D eigenvalue weighted by atomic mass is 35.5. The molecular formula is C24H24Cl2N4O2. The molecule has 0 radical (unpaired) electrons. The molecule has 8 heteroatoms.